The van der Waals surface area contributed by atoms with Gasteiger partial charge in [0.2, 0.25) is 0 Å². The summed E-state index contributed by atoms with van der Waals surface area (Å²) in [4.78, 5) is 0. The fraction of sp³-hybridized carbons (Fsp3) is 0.125. The molecular formula is C16H15Si. The molecule has 0 nitrogen and oxygen atoms in total. The molecule has 0 spiro atoms. The number of benzene rings is 2. The lowest BCUT2D eigenvalue weighted by molar-refractivity contribution is 1.67. The van der Waals surface area contributed by atoms with E-state index in [0.29, 0.717) is 0 Å². The van der Waals surface area contributed by atoms with E-state index in [9.17, 15) is 0 Å². The van der Waals surface area contributed by atoms with E-state index in [1.54, 1.807) is 0 Å². The fourth-order valence-electron chi connectivity index (χ4n) is 1.83. The molecule has 0 aliphatic rings. The van der Waals surface area contributed by atoms with Gasteiger partial charge >= 0.3 is 0 Å². The third kappa shape index (κ3) is 3.09. The second-order valence-electron chi connectivity index (χ2n) is 3.81. The van der Waals surface area contributed by atoms with Crippen molar-refractivity contribution in [2.45, 2.75) is 13.0 Å². The topological polar surface area (TPSA) is 0 Å². The molecule has 0 unspecified atom stereocenters. The molecule has 1 radical (unpaired) electrons. The maximum Gasteiger partial charge on any atom is 0.133 e. The van der Waals surface area contributed by atoms with Gasteiger partial charge in [0.15, 0.2) is 0 Å². The summed E-state index contributed by atoms with van der Waals surface area (Å²) < 4.78 is 0. The quantitative estimate of drug-likeness (QED) is 0.566. The Hall–Kier alpha value is -1.78. The van der Waals surface area contributed by atoms with Crippen molar-refractivity contribution in [3.8, 4) is 11.8 Å². The first-order valence-corrected chi connectivity index (χ1v) is 7.49. The number of hydrogen-bond donors (Lipinski definition) is 0. The van der Waals surface area contributed by atoms with E-state index in [4.69, 9.17) is 0 Å². The highest BCUT2D eigenvalue weighted by Crippen LogP contribution is 1.97. The smallest absolute Gasteiger partial charge is 0.107 e. The molecule has 0 aliphatic heterocycles. The largest absolute Gasteiger partial charge is 0.133 e. The summed E-state index contributed by atoms with van der Waals surface area (Å²) in [6.45, 7) is 1.91. The first kappa shape index (κ1) is 11.7. The Kier molecular flexibility index (Phi) is 4.18. The lowest BCUT2D eigenvalue weighted by Gasteiger charge is -2.12. The molecule has 0 aromatic heterocycles. The average Bonchev–Trinajstić information content (AvgIpc) is 2.42. The van der Waals surface area contributed by atoms with Crippen molar-refractivity contribution in [3.05, 3.63) is 60.7 Å². The van der Waals surface area contributed by atoms with Crippen LogP contribution in [0.4, 0.5) is 0 Å². The van der Waals surface area contributed by atoms with Crippen LogP contribution >= 0.6 is 0 Å². The molecule has 83 valence electrons. The van der Waals surface area contributed by atoms with E-state index in [1.807, 2.05) is 6.92 Å². The second-order valence-corrected chi connectivity index (χ2v) is 6.28. The normalized spacial score (nSPS) is 9.76. The zero-order chi connectivity index (χ0) is 11.9. The van der Waals surface area contributed by atoms with Crippen LogP contribution in [0.5, 0.6) is 0 Å². The zero-order valence-corrected chi connectivity index (χ0v) is 11.0. The third-order valence-corrected chi connectivity index (χ3v) is 5.28. The molecule has 2 aromatic carbocycles. The maximum absolute atomic E-state index is 3.24. The summed E-state index contributed by atoms with van der Waals surface area (Å²) in [5.41, 5.74) is 0. The van der Waals surface area contributed by atoms with Crippen LogP contribution in [0, 0.1) is 11.8 Å². The van der Waals surface area contributed by atoms with Gasteiger partial charge in [-0.3, -0.25) is 0 Å². The second kappa shape index (κ2) is 6.08. The zero-order valence-electron chi connectivity index (χ0n) is 9.98. The summed E-state index contributed by atoms with van der Waals surface area (Å²) >= 11 is 0. The van der Waals surface area contributed by atoms with Crippen LogP contribution in [-0.2, 0) is 0 Å². The average molecular weight is 235 g/mol. The van der Waals surface area contributed by atoms with Gasteiger partial charge in [0.1, 0.15) is 8.80 Å². The highest BCUT2D eigenvalue weighted by Gasteiger charge is 2.14. The summed E-state index contributed by atoms with van der Waals surface area (Å²) in [5.74, 6) is 6.25. The minimum absolute atomic E-state index is 0.736. The van der Waals surface area contributed by atoms with Crippen molar-refractivity contribution < 1.29 is 0 Å². The summed E-state index contributed by atoms with van der Waals surface area (Å²) in [7, 11) is -0.736. The molecule has 2 rings (SSSR count). The van der Waals surface area contributed by atoms with E-state index in [2.05, 4.69) is 72.5 Å². The van der Waals surface area contributed by atoms with Gasteiger partial charge in [0.25, 0.3) is 0 Å². The third-order valence-electron chi connectivity index (χ3n) is 2.69. The molecule has 0 N–H and O–H groups in total. The minimum Gasteiger partial charge on any atom is -0.107 e. The first-order valence-electron chi connectivity index (χ1n) is 5.78. The Balaban J connectivity index is 2.34. The predicted molar refractivity (Wildman–Crippen MR) is 76.2 cm³/mol. The van der Waals surface area contributed by atoms with E-state index < -0.39 is 8.80 Å². The highest BCUT2D eigenvalue weighted by molar-refractivity contribution is 6.85. The summed E-state index contributed by atoms with van der Waals surface area (Å²) in [6.07, 6.45) is 0. The van der Waals surface area contributed by atoms with Gasteiger partial charge in [-0.2, -0.15) is 0 Å². The van der Waals surface area contributed by atoms with Gasteiger partial charge in [-0.25, -0.2) is 0 Å². The molecular weight excluding hydrogens is 220 g/mol. The first-order chi connectivity index (χ1) is 8.42. The molecule has 2 aromatic rings. The van der Waals surface area contributed by atoms with E-state index >= 15 is 0 Å². The Morgan fingerprint density at radius 2 is 1.29 bits per heavy atom. The Morgan fingerprint density at radius 1 is 0.824 bits per heavy atom. The van der Waals surface area contributed by atoms with Gasteiger partial charge in [-0.05, 0) is 6.92 Å². The van der Waals surface area contributed by atoms with Crippen LogP contribution in [-0.4, -0.2) is 8.80 Å². The SMILES string of the molecule is CC#CC[Si](c1ccccc1)c1ccccc1. The van der Waals surface area contributed by atoms with Crippen LogP contribution in [0.15, 0.2) is 60.7 Å². The van der Waals surface area contributed by atoms with Gasteiger partial charge in [-0.1, -0.05) is 71.0 Å². The van der Waals surface area contributed by atoms with Crippen LogP contribution in [0.3, 0.4) is 0 Å². The molecule has 0 bridgehead atoms. The van der Waals surface area contributed by atoms with E-state index in [0.717, 1.165) is 6.04 Å². The molecule has 0 aliphatic carbocycles. The Morgan fingerprint density at radius 3 is 1.71 bits per heavy atom. The van der Waals surface area contributed by atoms with Crippen LogP contribution < -0.4 is 10.4 Å². The van der Waals surface area contributed by atoms with E-state index in [1.165, 1.54) is 10.4 Å². The predicted octanol–water partition coefficient (Wildman–Crippen LogP) is 2.32. The van der Waals surface area contributed by atoms with Crippen molar-refractivity contribution in [3.63, 3.8) is 0 Å². The standard InChI is InChI=1S/C16H15Si/c1-2-3-14-17(15-10-6-4-7-11-15)16-12-8-5-9-13-16/h4-13H,14H2,1H3. The summed E-state index contributed by atoms with van der Waals surface area (Å²) in [5, 5.41) is 2.87. The summed E-state index contributed by atoms with van der Waals surface area (Å²) in [6, 6.07) is 22.5. The van der Waals surface area contributed by atoms with Crippen LogP contribution in [0.1, 0.15) is 6.92 Å². The van der Waals surface area contributed by atoms with Crippen LogP contribution in [0.25, 0.3) is 0 Å². The minimum atomic E-state index is -0.736. The molecule has 0 heterocycles. The fourth-order valence-corrected chi connectivity index (χ4v) is 4.11. The van der Waals surface area contributed by atoms with Crippen molar-refractivity contribution in [1.82, 2.24) is 0 Å². The van der Waals surface area contributed by atoms with Gasteiger partial charge in [0.05, 0.1) is 0 Å². The lowest BCUT2D eigenvalue weighted by Crippen LogP contribution is -2.41. The lowest BCUT2D eigenvalue weighted by atomic mass is 10.4. The van der Waals surface area contributed by atoms with Crippen molar-refractivity contribution in [1.29, 1.82) is 0 Å². The van der Waals surface area contributed by atoms with Crippen LogP contribution in [0.2, 0.25) is 6.04 Å². The Labute approximate surface area is 105 Å². The molecule has 0 saturated heterocycles. The molecule has 0 atom stereocenters. The monoisotopic (exact) mass is 235 g/mol. The molecule has 17 heavy (non-hydrogen) atoms. The molecule has 1 heteroatoms. The van der Waals surface area contributed by atoms with Gasteiger partial charge in [0, 0.05) is 6.04 Å². The van der Waals surface area contributed by atoms with Gasteiger partial charge in [-0.15, -0.1) is 11.8 Å². The number of rotatable bonds is 3. The maximum atomic E-state index is 3.24. The van der Waals surface area contributed by atoms with Gasteiger partial charge < -0.3 is 0 Å². The van der Waals surface area contributed by atoms with Crippen molar-refractivity contribution >= 4 is 19.2 Å². The van der Waals surface area contributed by atoms with E-state index in [-0.39, 0.29) is 0 Å². The highest BCUT2D eigenvalue weighted by atomic mass is 28.3. The van der Waals surface area contributed by atoms with Crippen molar-refractivity contribution in [2.75, 3.05) is 0 Å². The number of hydrogen-bond acceptors (Lipinski definition) is 0. The Bertz CT molecular complexity index is 466. The molecule has 0 amide bonds. The van der Waals surface area contributed by atoms with Crippen molar-refractivity contribution in [2.24, 2.45) is 0 Å². The molecule has 0 fully saturated rings. The molecule has 0 saturated carbocycles.